The minimum atomic E-state index is 0.119. The van der Waals surface area contributed by atoms with Crippen LogP contribution in [0.4, 0.5) is 0 Å². The van der Waals surface area contributed by atoms with E-state index in [0.717, 1.165) is 27.0 Å². The van der Waals surface area contributed by atoms with E-state index in [1.807, 2.05) is 49.4 Å². The molecule has 0 spiro atoms. The predicted molar refractivity (Wildman–Crippen MR) is 85.9 cm³/mol. The summed E-state index contributed by atoms with van der Waals surface area (Å²) in [6, 6.07) is 14.0. The Bertz CT molecular complexity index is 586. The first-order chi connectivity index (χ1) is 9.60. The standard InChI is InChI=1S/C16H18ClNOS/c1-11(18)9-12-7-8-13(17)10-16(12)20-15-6-4-3-5-14(15)19-2/h3-8,10-11H,9,18H2,1-2H3. The largest absolute Gasteiger partial charge is 0.496 e. The van der Waals surface area contributed by atoms with Crippen molar-refractivity contribution in [2.24, 2.45) is 5.73 Å². The smallest absolute Gasteiger partial charge is 0.132 e. The van der Waals surface area contributed by atoms with Crippen LogP contribution in [-0.4, -0.2) is 13.2 Å². The van der Waals surface area contributed by atoms with Crippen molar-refractivity contribution in [3.8, 4) is 5.75 Å². The number of methoxy groups -OCH3 is 1. The van der Waals surface area contributed by atoms with E-state index in [1.54, 1.807) is 18.9 Å². The Kier molecular flexibility index (Phi) is 5.35. The third-order valence-corrected chi connectivity index (χ3v) is 4.25. The molecule has 2 rings (SSSR count). The monoisotopic (exact) mass is 307 g/mol. The maximum atomic E-state index is 6.12. The van der Waals surface area contributed by atoms with Crippen LogP contribution in [0, 0.1) is 0 Å². The summed E-state index contributed by atoms with van der Waals surface area (Å²) in [4.78, 5) is 2.20. The van der Waals surface area contributed by atoms with Crippen LogP contribution in [0.5, 0.6) is 5.75 Å². The highest BCUT2D eigenvalue weighted by molar-refractivity contribution is 7.99. The average Bonchev–Trinajstić information content (AvgIpc) is 2.42. The van der Waals surface area contributed by atoms with E-state index in [2.05, 4.69) is 0 Å². The van der Waals surface area contributed by atoms with Crippen LogP contribution in [0.25, 0.3) is 0 Å². The number of benzene rings is 2. The van der Waals surface area contributed by atoms with Crippen molar-refractivity contribution in [3.63, 3.8) is 0 Å². The maximum Gasteiger partial charge on any atom is 0.132 e. The fourth-order valence-corrected chi connectivity index (χ4v) is 3.30. The molecule has 0 aliphatic rings. The zero-order valence-electron chi connectivity index (χ0n) is 11.6. The van der Waals surface area contributed by atoms with Crippen LogP contribution in [-0.2, 0) is 6.42 Å². The van der Waals surface area contributed by atoms with Crippen molar-refractivity contribution in [2.45, 2.75) is 29.2 Å². The number of nitrogens with two attached hydrogens (primary N) is 1. The van der Waals surface area contributed by atoms with Crippen molar-refractivity contribution in [3.05, 3.63) is 53.1 Å². The molecular weight excluding hydrogens is 290 g/mol. The predicted octanol–water partition coefficient (Wildman–Crippen LogP) is 4.39. The second kappa shape index (κ2) is 7.02. The molecule has 1 atom stereocenters. The molecule has 0 saturated heterocycles. The van der Waals surface area contributed by atoms with Gasteiger partial charge >= 0.3 is 0 Å². The lowest BCUT2D eigenvalue weighted by Crippen LogP contribution is -2.18. The fourth-order valence-electron chi connectivity index (χ4n) is 1.96. The fraction of sp³-hybridized carbons (Fsp3) is 0.250. The molecule has 0 aliphatic carbocycles. The minimum absolute atomic E-state index is 0.119. The van der Waals surface area contributed by atoms with Crippen molar-refractivity contribution in [2.75, 3.05) is 7.11 Å². The second-order valence-electron chi connectivity index (χ2n) is 4.69. The second-order valence-corrected chi connectivity index (χ2v) is 6.21. The van der Waals surface area contributed by atoms with E-state index in [9.17, 15) is 0 Å². The Hall–Kier alpha value is -1.16. The van der Waals surface area contributed by atoms with Crippen LogP contribution in [0.2, 0.25) is 5.02 Å². The van der Waals surface area contributed by atoms with Crippen molar-refractivity contribution >= 4 is 23.4 Å². The SMILES string of the molecule is COc1ccccc1Sc1cc(Cl)ccc1CC(C)N. The highest BCUT2D eigenvalue weighted by atomic mass is 35.5. The Morgan fingerprint density at radius 3 is 2.65 bits per heavy atom. The molecule has 0 heterocycles. The van der Waals surface area contributed by atoms with Crippen LogP contribution < -0.4 is 10.5 Å². The first-order valence-electron chi connectivity index (χ1n) is 6.45. The van der Waals surface area contributed by atoms with Gasteiger partial charge < -0.3 is 10.5 Å². The molecule has 2 aromatic rings. The number of rotatable bonds is 5. The minimum Gasteiger partial charge on any atom is -0.496 e. The first-order valence-corrected chi connectivity index (χ1v) is 7.64. The summed E-state index contributed by atoms with van der Waals surface area (Å²) in [6.07, 6.45) is 0.828. The summed E-state index contributed by atoms with van der Waals surface area (Å²) in [5.74, 6) is 0.865. The Labute approximate surface area is 129 Å². The Morgan fingerprint density at radius 1 is 1.20 bits per heavy atom. The van der Waals surface area contributed by atoms with Gasteiger partial charge in [-0.2, -0.15) is 0 Å². The van der Waals surface area contributed by atoms with Gasteiger partial charge in [0, 0.05) is 16.0 Å². The molecule has 0 aromatic heterocycles. The number of para-hydroxylation sites is 1. The molecule has 1 unspecified atom stereocenters. The van der Waals surface area contributed by atoms with Gasteiger partial charge in [-0.1, -0.05) is 41.6 Å². The lowest BCUT2D eigenvalue weighted by molar-refractivity contribution is 0.405. The van der Waals surface area contributed by atoms with Crippen molar-refractivity contribution in [1.29, 1.82) is 0 Å². The van der Waals surface area contributed by atoms with Gasteiger partial charge in [-0.05, 0) is 43.2 Å². The summed E-state index contributed by atoms with van der Waals surface area (Å²) in [5, 5.41) is 0.732. The lowest BCUT2D eigenvalue weighted by atomic mass is 10.1. The molecule has 20 heavy (non-hydrogen) atoms. The molecule has 0 radical (unpaired) electrons. The molecule has 0 saturated carbocycles. The normalized spacial score (nSPS) is 12.2. The van der Waals surface area contributed by atoms with Gasteiger partial charge in [0.05, 0.1) is 12.0 Å². The molecule has 0 bridgehead atoms. The topological polar surface area (TPSA) is 35.2 Å². The molecule has 2 nitrogen and oxygen atoms in total. The number of halogens is 1. The van der Waals surface area contributed by atoms with Crippen LogP contribution in [0.15, 0.2) is 52.3 Å². The van der Waals surface area contributed by atoms with Crippen LogP contribution >= 0.6 is 23.4 Å². The van der Waals surface area contributed by atoms with Crippen molar-refractivity contribution < 1.29 is 4.74 Å². The van der Waals surface area contributed by atoms with Crippen LogP contribution in [0.1, 0.15) is 12.5 Å². The molecule has 2 aromatic carbocycles. The van der Waals surface area contributed by atoms with Gasteiger partial charge in [0.1, 0.15) is 5.75 Å². The summed E-state index contributed by atoms with van der Waals surface area (Å²) in [7, 11) is 1.68. The van der Waals surface area contributed by atoms with E-state index in [4.69, 9.17) is 22.1 Å². The quantitative estimate of drug-likeness (QED) is 0.890. The van der Waals surface area contributed by atoms with E-state index in [1.165, 1.54) is 5.56 Å². The van der Waals surface area contributed by atoms with Gasteiger partial charge in [-0.3, -0.25) is 0 Å². The first kappa shape index (κ1) is 15.2. The zero-order valence-corrected chi connectivity index (χ0v) is 13.2. The van der Waals surface area contributed by atoms with Gasteiger partial charge in [0.15, 0.2) is 0 Å². The Morgan fingerprint density at radius 2 is 1.95 bits per heavy atom. The van der Waals surface area contributed by atoms with E-state index in [0.29, 0.717) is 0 Å². The summed E-state index contributed by atoms with van der Waals surface area (Å²) < 4.78 is 5.39. The third kappa shape index (κ3) is 3.92. The van der Waals surface area contributed by atoms with Gasteiger partial charge in [0.25, 0.3) is 0 Å². The molecule has 0 amide bonds. The molecule has 106 valence electrons. The van der Waals surface area contributed by atoms with Gasteiger partial charge in [0.2, 0.25) is 0 Å². The number of hydrogen-bond donors (Lipinski definition) is 1. The van der Waals surface area contributed by atoms with E-state index >= 15 is 0 Å². The number of ether oxygens (including phenoxy) is 1. The third-order valence-electron chi connectivity index (χ3n) is 2.86. The molecule has 2 N–H and O–H groups in total. The Balaban J connectivity index is 2.34. The van der Waals surface area contributed by atoms with Gasteiger partial charge in [-0.15, -0.1) is 0 Å². The molecule has 0 aliphatic heterocycles. The highest BCUT2D eigenvalue weighted by Crippen LogP contribution is 2.37. The molecular formula is C16H18ClNOS. The number of hydrogen-bond acceptors (Lipinski definition) is 3. The summed E-state index contributed by atoms with van der Waals surface area (Å²) in [5.41, 5.74) is 7.12. The van der Waals surface area contributed by atoms with Crippen molar-refractivity contribution in [1.82, 2.24) is 0 Å². The van der Waals surface area contributed by atoms with E-state index < -0.39 is 0 Å². The van der Waals surface area contributed by atoms with E-state index in [-0.39, 0.29) is 6.04 Å². The average molecular weight is 308 g/mol. The molecule has 4 heteroatoms. The zero-order chi connectivity index (χ0) is 14.5. The summed E-state index contributed by atoms with van der Waals surface area (Å²) >= 11 is 7.77. The lowest BCUT2D eigenvalue weighted by Gasteiger charge is -2.13. The maximum absolute atomic E-state index is 6.12. The van der Waals surface area contributed by atoms with Crippen LogP contribution in [0.3, 0.4) is 0 Å². The van der Waals surface area contributed by atoms with Gasteiger partial charge in [-0.25, -0.2) is 0 Å². The summed E-state index contributed by atoms with van der Waals surface area (Å²) in [6.45, 7) is 2.01. The molecule has 0 fully saturated rings. The highest BCUT2D eigenvalue weighted by Gasteiger charge is 2.10.